The molecule has 0 heterocycles. The summed E-state index contributed by atoms with van der Waals surface area (Å²) in [7, 11) is 5.59. The van der Waals surface area contributed by atoms with Crippen LogP contribution in [-0.4, -0.2) is 27.1 Å². The largest absolute Gasteiger partial charge is 0.380 e. The van der Waals surface area contributed by atoms with E-state index >= 15 is 0 Å². The Bertz CT molecular complexity index is 606. The number of anilines is 2. The van der Waals surface area contributed by atoms with Crippen molar-refractivity contribution in [1.29, 1.82) is 0 Å². The maximum atomic E-state index is 12.2. The van der Waals surface area contributed by atoms with E-state index in [4.69, 9.17) is 4.74 Å². The molecule has 0 saturated carbocycles. The lowest BCUT2D eigenvalue weighted by atomic mass is 10.1. The standard InChI is InChI=1S/C17H20N2O2/c1-19(2)16-9-7-14(8-10-16)17(20)18-15-6-4-5-13(11-15)12-21-3/h4-11H,12H2,1-3H3,(H,18,20). The smallest absolute Gasteiger partial charge is 0.255 e. The number of methoxy groups -OCH3 is 1. The van der Waals surface area contributed by atoms with Gasteiger partial charge in [-0.2, -0.15) is 0 Å². The molecule has 0 spiro atoms. The average Bonchev–Trinajstić information content (AvgIpc) is 2.48. The predicted octanol–water partition coefficient (Wildman–Crippen LogP) is 3.15. The van der Waals surface area contributed by atoms with E-state index in [0.717, 1.165) is 16.9 Å². The number of ether oxygens (including phenoxy) is 1. The lowest BCUT2D eigenvalue weighted by Gasteiger charge is -2.12. The van der Waals surface area contributed by atoms with Crippen molar-refractivity contribution in [2.45, 2.75) is 6.61 Å². The number of amides is 1. The molecule has 2 rings (SSSR count). The molecule has 110 valence electrons. The molecular weight excluding hydrogens is 264 g/mol. The maximum Gasteiger partial charge on any atom is 0.255 e. The molecule has 1 amide bonds. The van der Waals surface area contributed by atoms with E-state index in [1.165, 1.54) is 0 Å². The minimum Gasteiger partial charge on any atom is -0.380 e. The fourth-order valence-corrected chi connectivity index (χ4v) is 2.02. The summed E-state index contributed by atoms with van der Waals surface area (Å²) in [5.41, 5.74) is 3.50. The summed E-state index contributed by atoms with van der Waals surface area (Å²) in [6.45, 7) is 0.529. The second-order valence-electron chi connectivity index (χ2n) is 5.03. The Balaban J connectivity index is 2.08. The molecule has 0 aliphatic rings. The lowest BCUT2D eigenvalue weighted by molar-refractivity contribution is 0.102. The highest BCUT2D eigenvalue weighted by molar-refractivity contribution is 6.04. The van der Waals surface area contributed by atoms with E-state index in [1.807, 2.05) is 67.5 Å². The molecule has 0 aliphatic carbocycles. The number of nitrogens with one attached hydrogen (secondary N) is 1. The van der Waals surface area contributed by atoms with Gasteiger partial charge in [0, 0.05) is 38.1 Å². The molecule has 0 unspecified atom stereocenters. The van der Waals surface area contributed by atoms with Gasteiger partial charge in [-0.15, -0.1) is 0 Å². The first kappa shape index (κ1) is 15.1. The van der Waals surface area contributed by atoms with Gasteiger partial charge in [0.2, 0.25) is 0 Å². The quantitative estimate of drug-likeness (QED) is 0.917. The van der Waals surface area contributed by atoms with Gasteiger partial charge in [-0.25, -0.2) is 0 Å². The van der Waals surface area contributed by atoms with Crippen molar-refractivity contribution < 1.29 is 9.53 Å². The first-order valence-corrected chi connectivity index (χ1v) is 6.77. The van der Waals surface area contributed by atoms with Gasteiger partial charge in [0.15, 0.2) is 0 Å². The molecule has 0 aromatic heterocycles. The van der Waals surface area contributed by atoms with Crippen LogP contribution < -0.4 is 10.2 Å². The molecule has 0 radical (unpaired) electrons. The third kappa shape index (κ3) is 4.07. The predicted molar refractivity (Wildman–Crippen MR) is 85.9 cm³/mol. The SMILES string of the molecule is COCc1cccc(NC(=O)c2ccc(N(C)C)cc2)c1. The van der Waals surface area contributed by atoms with Crippen molar-refractivity contribution in [2.75, 3.05) is 31.4 Å². The van der Waals surface area contributed by atoms with Crippen molar-refractivity contribution >= 4 is 17.3 Å². The van der Waals surface area contributed by atoms with Gasteiger partial charge in [0.1, 0.15) is 0 Å². The highest BCUT2D eigenvalue weighted by Crippen LogP contribution is 2.15. The number of hydrogen-bond donors (Lipinski definition) is 1. The Morgan fingerprint density at radius 2 is 1.86 bits per heavy atom. The Morgan fingerprint density at radius 1 is 1.14 bits per heavy atom. The van der Waals surface area contributed by atoms with Crippen LogP contribution >= 0.6 is 0 Å². The summed E-state index contributed by atoms with van der Waals surface area (Å²) in [4.78, 5) is 14.2. The number of benzene rings is 2. The fraction of sp³-hybridized carbons (Fsp3) is 0.235. The van der Waals surface area contributed by atoms with Crippen molar-refractivity contribution in [3.05, 3.63) is 59.7 Å². The number of nitrogens with zero attached hydrogens (tertiary/aromatic N) is 1. The van der Waals surface area contributed by atoms with E-state index in [0.29, 0.717) is 12.2 Å². The van der Waals surface area contributed by atoms with E-state index in [9.17, 15) is 4.79 Å². The van der Waals surface area contributed by atoms with E-state index < -0.39 is 0 Å². The first-order valence-electron chi connectivity index (χ1n) is 6.77. The molecule has 0 saturated heterocycles. The Hall–Kier alpha value is -2.33. The second-order valence-corrected chi connectivity index (χ2v) is 5.03. The monoisotopic (exact) mass is 284 g/mol. The van der Waals surface area contributed by atoms with E-state index in [1.54, 1.807) is 7.11 Å². The first-order chi connectivity index (χ1) is 10.1. The molecule has 0 atom stereocenters. The average molecular weight is 284 g/mol. The van der Waals surface area contributed by atoms with Gasteiger partial charge in [0.25, 0.3) is 5.91 Å². The topological polar surface area (TPSA) is 41.6 Å². The van der Waals surface area contributed by atoms with Gasteiger partial charge in [-0.05, 0) is 42.0 Å². The number of hydrogen-bond acceptors (Lipinski definition) is 3. The molecule has 4 nitrogen and oxygen atoms in total. The van der Waals surface area contributed by atoms with Gasteiger partial charge in [-0.1, -0.05) is 12.1 Å². The van der Waals surface area contributed by atoms with Crippen LogP contribution in [-0.2, 0) is 11.3 Å². The fourth-order valence-electron chi connectivity index (χ4n) is 2.02. The van der Waals surface area contributed by atoms with Crippen LogP contribution in [0.15, 0.2) is 48.5 Å². The molecule has 0 fully saturated rings. The molecule has 4 heteroatoms. The zero-order valence-corrected chi connectivity index (χ0v) is 12.6. The molecule has 2 aromatic carbocycles. The van der Waals surface area contributed by atoms with Gasteiger partial charge < -0.3 is 15.0 Å². The number of rotatable bonds is 5. The highest BCUT2D eigenvalue weighted by atomic mass is 16.5. The van der Waals surface area contributed by atoms with Crippen LogP contribution in [0.25, 0.3) is 0 Å². The minimum absolute atomic E-state index is 0.116. The zero-order valence-electron chi connectivity index (χ0n) is 12.6. The molecule has 0 bridgehead atoms. The molecule has 0 aliphatic heterocycles. The normalized spacial score (nSPS) is 10.2. The minimum atomic E-state index is -0.116. The summed E-state index contributed by atoms with van der Waals surface area (Å²) in [6.07, 6.45) is 0. The maximum absolute atomic E-state index is 12.2. The van der Waals surface area contributed by atoms with Gasteiger partial charge in [-0.3, -0.25) is 4.79 Å². The molecular formula is C17H20N2O2. The summed E-state index contributed by atoms with van der Waals surface area (Å²) >= 11 is 0. The van der Waals surface area contributed by atoms with Crippen LogP contribution in [0.4, 0.5) is 11.4 Å². The van der Waals surface area contributed by atoms with Crippen LogP contribution in [0.2, 0.25) is 0 Å². The zero-order chi connectivity index (χ0) is 15.2. The summed E-state index contributed by atoms with van der Waals surface area (Å²) in [6, 6.07) is 15.1. The lowest BCUT2D eigenvalue weighted by Crippen LogP contribution is -2.13. The number of carbonyl (C=O) groups excluding carboxylic acids is 1. The van der Waals surface area contributed by atoms with Gasteiger partial charge in [0.05, 0.1) is 6.61 Å². The highest BCUT2D eigenvalue weighted by Gasteiger charge is 2.07. The van der Waals surface area contributed by atoms with E-state index in [2.05, 4.69) is 5.32 Å². The second kappa shape index (κ2) is 6.90. The molecule has 21 heavy (non-hydrogen) atoms. The van der Waals surface area contributed by atoms with Crippen molar-refractivity contribution in [3.63, 3.8) is 0 Å². The van der Waals surface area contributed by atoms with Crippen LogP contribution in [0, 0.1) is 0 Å². The third-order valence-corrected chi connectivity index (χ3v) is 3.14. The molecule has 1 N–H and O–H groups in total. The summed E-state index contributed by atoms with van der Waals surface area (Å²) in [5, 5.41) is 2.90. The Morgan fingerprint density at radius 3 is 2.48 bits per heavy atom. The Labute approximate surface area is 125 Å². The van der Waals surface area contributed by atoms with Crippen molar-refractivity contribution in [2.24, 2.45) is 0 Å². The third-order valence-electron chi connectivity index (χ3n) is 3.14. The molecule has 2 aromatic rings. The summed E-state index contributed by atoms with van der Waals surface area (Å²) in [5.74, 6) is -0.116. The Kier molecular flexibility index (Phi) is 4.95. The van der Waals surface area contributed by atoms with Crippen LogP contribution in [0.5, 0.6) is 0 Å². The van der Waals surface area contributed by atoms with Crippen LogP contribution in [0.3, 0.4) is 0 Å². The van der Waals surface area contributed by atoms with Crippen molar-refractivity contribution in [3.8, 4) is 0 Å². The number of carbonyl (C=O) groups is 1. The van der Waals surface area contributed by atoms with Crippen LogP contribution in [0.1, 0.15) is 15.9 Å². The van der Waals surface area contributed by atoms with E-state index in [-0.39, 0.29) is 5.91 Å². The van der Waals surface area contributed by atoms with Gasteiger partial charge >= 0.3 is 0 Å². The summed E-state index contributed by atoms with van der Waals surface area (Å²) < 4.78 is 5.09. The van der Waals surface area contributed by atoms with Crippen molar-refractivity contribution in [1.82, 2.24) is 0 Å².